The van der Waals surface area contributed by atoms with Gasteiger partial charge in [0.2, 0.25) is 0 Å². The Hall–Kier alpha value is -0.850. The number of nitrogens with two attached hydrogens (primary N) is 1. The van der Waals surface area contributed by atoms with E-state index in [1.165, 1.54) is 0 Å². The summed E-state index contributed by atoms with van der Waals surface area (Å²) in [4.78, 5) is 0. The molecule has 0 saturated heterocycles. The molecule has 90 valence electrons. The summed E-state index contributed by atoms with van der Waals surface area (Å²) in [5.74, 6) is -1.25. The average Bonchev–Trinajstić information content (AvgIpc) is 2.19. The number of aliphatic hydroxyl groups excluding tert-OH is 1. The highest BCUT2D eigenvalue weighted by Crippen LogP contribution is 2.37. The summed E-state index contributed by atoms with van der Waals surface area (Å²) in [7, 11) is 0. The fraction of sp³-hybridized carbons (Fsp3) is 0.333. The fourth-order valence-electron chi connectivity index (χ4n) is 1.27. The topological polar surface area (TPSA) is 46.2 Å². The van der Waals surface area contributed by atoms with Crippen LogP contribution in [0.25, 0.3) is 0 Å². The van der Waals surface area contributed by atoms with Crippen molar-refractivity contribution in [3.05, 3.63) is 34.1 Å². The van der Waals surface area contributed by atoms with E-state index < -0.39 is 40.8 Å². The monoisotopic (exact) mass is 257 g/mol. The first-order valence-electron chi connectivity index (χ1n) is 4.20. The minimum Gasteiger partial charge on any atom is -0.394 e. The predicted molar refractivity (Wildman–Crippen MR) is 50.4 cm³/mol. The van der Waals surface area contributed by atoms with Gasteiger partial charge < -0.3 is 10.8 Å². The maximum atomic E-state index is 13.4. The summed E-state index contributed by atoms with van der Waals surface area (Å²) in [6.45, 7) is -0.805. The van der Waals surface area contributed by atoms with E-state index in [1.807, 2.05) is 0 Å². The van der Waals surface area contributed by atoms with Crippen LogP contribution in [0, 0.1) is 5.82 Å². The van der Waals surface area contributed by atoms with Gasteiger partial charge in [-0.2, -0.15) is 13.2 Å². The summed E-state index contributed by atoms with van der Waals surface area (Å²) in [5.41, 5.74) is 3.17. The molecule has 0 unspecified atom stereocenters. The first kappa shape index (κ1) is 13.2. The van der Waals surface area contributed by atoms with Crippen LogP contribution in [0.1, 0.15) is 17.2 Å². The van der Waals surface area contributed by atoms with E-state index in [-0.39, 0.29) is 0 Å². The Morgan fingerprint density at radius 3 is 2.38 bits per heavy atom. The number of alkyl halides is 3. The van der Waals surface area contributed by atoms with Crippen molar-refractivity contribution in [2.24, 2.45) is 5.73 Å². The molecule has 7 heteroatoms. The van der Waals surface area contributed by atoms with Gasteiger partial charge in [0.15, 0.2) is 0 Å². The summed E-state index contributed by atoms with van der Waals surface area (Å²) in [6.07, 6.45) is -4.74. The Kier molecular flexibility index (Phi) is 3.77. The molecule has 3 N–H and O–H groups in total. The number of halogens is 5. The van der Waals surface area contributed by atoms with E-state index >= 15 is 0 Å². The highest BCUT2D eigenvalue weighted by molar-refractivity contribution is 6.30. The van der Waals surface area contributed by atoms with Crippen molar-refractivity contribution < 1.29 is 22.7 Å². The molecule has 1 atom stereocenters. The van der Waals surface area contributed by atoms with Gasteiger partial charge >= 0.3 is 6.18 Å². The quantitative estimate of drug-likeness (QED) is 0.800. The molecule has 0 saturated carbocycles. The van der Waals surface area contributed by atoms with E-state index in [1.54, 1.807) is 0 Å². The minimum atomic E-state index is -4.74. The molecule has 0 aliphatic heterocycles. The highest BCUT2D eigenvalue weighted by Gasteiger charge is 2.36. The van der Waals surface area contributed by atoms with Gasteiger partial charge in [0.05, 0.1) is 23.2 Å². The van der Waals surface area contributed by atoms with Crippen molar-refractivity contribution >= 4 is 11.6 Å². The van der Waals surface area contributed by atoms with Crippen LogP contribution in [-0.4, -0.2) is 11.7 Å². The Morgan fingerprint density at radius 2 is 1.94 bits per heavy atom. The molecule has 16 heavy (non-hydrogen) atoms. The molecule has 0 aliphatic carbocycles. The lowest BCUT2D eigenvalue weighted by molar-refractivity contribution is -0.138. The van der Waals surface area contributed by atoms with Crippen molar-refractivity contribution in [3.63, 3.8) is 0 Å². The molecule has 0 bridgehead atoms. The van der Waals surface area contributed by atoms with Gasteiger partial charge in [-0.25, -0.2) is 4.39 Å². The van der Waals surface area contributed by atoms with Crippen LogP contribution in [-0.2, 0) is 6.18 Å². The van der Waals surface area contributed by atoms with Crippen LogP contribution < -0.4 is 5.73 Å². The zero-order valence-electron chi connectivity index (χ0n) is 7.85. The molecule has 0 radical (unpaired) electrons. The molecule has 0 aliphatic rings. The third kappa shape index (κ3) is 2.45. The second kappa shape index (κ2) is 4.57. The third-order valence-electron chi connectivity index (χ3n) is 2.01. The van der Waals surface area contributed by atoms with Crippen molar-refractivity contribution in [2.75, 3.05) is 6.61 Å². The van der Waals surface area contributed by atoms with E-state index in [2.05, 4.69) is 0 Å². The zero-order chi connectivity index (χ0) is 12.5. The second-order valence-corrected chi connectivity index (χ2v) is 3.52. The predicted octanol–water partition coefficient (Wildman–Crippen LogP) is 2.49. The van der Waals surface area contributed by atoms with Gasteiger partial charge in [-0.3, -0.25) is 0 Å². The molecule has 1 aromatic carbocycles. The fourth-order valence-corrected chi connectivity index (χ4v) is 1.43. The maximum Gasteiger partial charge on any atom is 0.416 e. The standard InChI is InChI=1S/C9H8ClF4NO/c10-5-2-1-4(9(12,13)14)7(8(5)11)6(15)3-16/h1-2,6,16H,3,15H2/t6-/m0/s1. The highest BCUT2D eigenvalue weighted by atomic mass is 35.5. The second-order valence-electron chi connectivity index (χ2n) is 3.11. The van der Waals surface area contributed by atoms with Gasteiger partial charge in [0.1, 0.15) is 5.82 Å². The molecular weight excluding hydrogens is 250 g/mol. The van der Waals surface area contributed by atoms with E-state index in [9.17, 15) is 17.6 Å². The van der Waals surface area contributed by atoms with Gasteiger partial charge in [0.25, 0.3) is 0 Å². The number of hydrogen-bond donors (Lipinski definition) is 2. The first-order valence-corrected chi connectivity index (χ1v) is 4.58. The van der Waals surface area contributed by atoms with Gasteiger partial charge in [-0.1, -0.05) is 11.6 Å². The van der Waals surface area contributed by atoms with Crippen LogP contribution in [0.4, 0.5) is 17.6 Å². The van der Waals surface area contributed by atoms with E-state index in [0.29, 0.717) is 6.07 Å². The van der Waals surface area contributed by atoms with Crippen LogP contribution in [0.15, 0.2) is 12.1 Å². The molecule has 2 nitrogen and oxygen atoms in total. The Labute approximate surface area is 93.6 Å². The van der Waals surface area contributed by atoms with E-state index in [4.69, 9.17) is 22.4 Å². The molecule has 0 spiro atoms. The Bertz CT molecular complexity index is 394. The first-order chi connectivity index (χ1) is 7.29. The average molecular weight is 258 g/mol. The summed E-state index contributed by atoms with van der Waals surface area (Å²) >= 11 is 5.36. The molecule has 0 fully saturated rings. The lowest BCUT2D eigenvalue weighted by atomic mass is 10.00. The van der Waals surface area contributed by atoms with Gasteiger partial charge in [0, 0.05) is 5.56 Å². The van der Waals surface area contributed by atoms with Crippen LogP contribution in [0.5, 0.6) is 0 Å². The van der Waals surface area contributed by atoms with Crippen LogP contribution in [0.3, 0.4) is 0 Å². The molecule has 0 aromatic heterocycles. The van der Waals surface area contributed by atoms with Crippen LogP contribution in [0.2, 0.25) is 5.02 Å². The van der Waals surface area contributed by atoms with Crippen molar-refractivity contribution in [1.29, 1.82) is 0 Å². The number of benzene rings is 1. The Balaban J connectivity index is 3.45. The zero-order valence-corrected chi connectivity index (χ0v) is 8.61. The van der Waals surface area contributed by atoms with Crippen LogP contribution >= 0.6 is 11.6 Å². The van der Waals surface area contributed by atoms with Gasteiger partial charge in [-0.05, 0) is 12.1 Å². The third-order valence-corrected chi connectivity index (χ3v) is 2.30. The molecular formula is C9H8ClF4NO. The number of rotatable bonds is 2. The molecule has 0 heterocycles. The van der Waals surface area contributed by atoms with Crippen molar-refractivity contribution in [3.8, 4) is 0 Å². The summed E-state index contributed by atoms with van der Waals surface area (Å²) in [5, 5.41) is 8.23. The molecule has 1 aromatic rings. The molecule has 0 amide bonds. The lowest BCUT2D eigenvalue weighted by Gasteiger charge is -2.18. The molecule has 1 rings (SSSR count). The number of hydrogen-bond acceptors (Lipinski definition) is 2. The van der Waals surface area contributed by atoms with Gasteiger partial charge in [-0.15, -0.1) is 0 Å². The Morgan fingerprint density at radius 1 is 1.38 bits per heavy atom. The van der Waals surface area contributed by atoms with Crippen molar-refractivity contribution in [1.82, 2.24) is 0 Å². The minimum absolute atomic E-state index is 0.466. The largest absolute Gasteiger partial charge is 0.416 e. The number of aliphatic hydroxyl groups is 1. The maximum absolute atomic E-state index is 13.4. The smallest absolute Gasteiger partial charge is 0.394 e. The SMILES string of the molecule is N[C@@H](CO)c1c(C(F)(F)F)ccc(Cl)c1F. The normalized spacial score (nSPS) is 13.9. The summed E-state index contributed by atoms with van der Waals surface area (Å²) < 4.78 is 50.9. The lowest BCUT2D eigenvalue weighted by Crippen LogP contribution is -2.22. The van der Waals surface area contributed by atoms with Crippen molar-refractivity contribution in [2.45, 2.75) is 12.2 Å². The van der Waals surface area contributed by atoms with E-state index in [0.717, 1.165) is 6.07 Å². The summed E-state index contributed by atoms with van der Waals surface area (Å²) in [6, 6.07) is -0.0286.